The number of carbonyl (C=O) groups is 1. The number of rotatable bonds is 7. The summed E-state index contributed by atoms with van der Waals surface area (Å²) < 4.78 is 30.0. The van der Waals surface area contributed by atoms with Gasteiger partial charge < -0.3 is 15.8 Å². The van der Waals surface area contributed by atoms with E-state index in [9.17, 15) is 13.6 Å². The van der Waals surface area contributed by atoms with E-state index in [0.717, 1.165) is 0 Å². The quantitative estimate of drug-likeness (QED) is 0.587. The molecular formula is C8H16F2N2O2. The minimum absolute atomic E-state index is 0.0918. The minimum atomic E-state index is -3.03. The van der Waals surface area contributed by atoms with Crippen molar-refractivity contribution in [1.29, 1.82) is 0 Å². The van der Waals surface area contributed by atoms with E-state index in [1.807, 2.05) is 0 Å². The van der Waals surface area contributed by atoms with Gasteiger partial charge in [0, 0.05) is 13.0 Å². The molecule has 0 heterocycles. The number of amides is 1. The van der Waals surface area contributed by atoms with Gasteiger partial charge in [-0.15, -0.1) is 0 Å². The van der Waals surface area contributed by atoms with Gasteiger partial charge in [-0.05, 0) is 6.92 Å². The number of carbonyl (C=O) groups excluding carboxylic acids is 1. The molecule has 1 amide bonds. The predicted molar refractivity (Wildman–Crippen MR) is 48.1 cm³/mol. The van der Waals surface area contributed by atoms with Gasteiger partial charge in [0.25, 0.3) is 5.92 Å². The Hall–Kier alpha value is -0.750. The molecule has 6 heteroatoms. The molecule has 0 aromatic rings. The molecule has 0 aliphatic carbocycles. The summed E-state index contributed by atoms with van der Waals surface area (Å²) in [4.78, 5) is 10.9. The summed E-state index contributed by atoms with van der Waals surface area (Å²) in [5, 5.41) is 2.08. The first-order chi connectivity index (χ1) is 6.52. The molecule has 0 atom stereocenters. The Kier molecular flexibility index (Phi) is 6.31. The van der Waals surface area contributed by atoms with Crippen LogP contribution in [0.25, 0.3) is 0 Å². The third-order valence-corrected chi connectivity index (χ3v) is 1.52. The Morgan fingerprint density at radius 2 is 2.21 bits per heavy atom. The predicted octanol–water partition coefficient (Wildman–Crippen LogP) is 0.123. The lowest BCUT2D eigenvalue weighted by Crippen LogP contribution is -2.41. The second-order valence-corrected chi connectivity index (χ2v) is 2.78. The first-order valence-electron chi connectivity index (χ1n) is 4.44. The van der Waals surface area contributed by atoms with Crippen molar-refractivity contribution in [2.24, 2.45) is 5.73 Å². The van der Waals surface area contributed by atoms with Gasteiger partial charge in [-0.1, -0.05) is 0 Å². The van der Waals surface area contributed by atoms with Gasteiger partial charge in [0.05, 0.1) is 19.7 Å². The van der Waals surface area contributed by atoms with Crippen molar-refractivity contribution in [1.82, 2.24) is 5.32 Å². The lowest BCUT2D eigenvalue weighted by Gasteiger charge is -2.14. The van der Waals surface area contributed by atoms with E-state index in [1.54, 1.807) is 6.92 Å². The summed E-state index contributed by atoms with van der Waals surface area (Å²) in [5.74, 6) is -3.48. The number of nitrogens with two attached hydrogens (primary N) is 1. The van der Waals surface area contributed by atoms with Crippen LogP contribution in [0.3, 0.4) is 0 Å². The molecule has 0 radical (unpaired) electrons. The van der Waals surface area contributed by atoms with E-state index < -0.39 is 24.9 Å². The SMILES string of the molecule is CCOCCC(=O)NCC(F)(F)CN. The van der Waals surface area contributed by atoms with Crippen LogP contribution < -0.4 is 11.1 Å². The zero-order valence-corrected chi connectivity index (χ0v) is 8.19. The Balaban J connectivity index is 3.53. The summed E-state index contributed by atoms with van der Waals surface area (Å²) in [6, 6.07) is 0. The molecular weight excluding hydrogens is 194 g/mol. The topological polar surface area (TPSA) is 64.3 Å². The van der Waals surface area contributed by atoms with Crippen molar-refractivity contribution in [2.45, 2.75) is 19.3 Å². The highest BCUT2D eigenvalue weighted by Crippen LogP contribution is 2.08. The fourth-order valence-electron chi connectivity index (χ4n) is 0.698. The average molecular weight is 210 g/mol. The Morgan fingerprint density at radius 1 is 1.57 bits per heavy atom. The fraction of sp³-hybridized carbons (Fsp3) is 0.875. The minimum Gasteiger partial charge on any atom is -0.381 e. The zero-order valence-electron chi connectivity index (χ0n) is 8.19. The van der Waals surface area contributed by atoms with E-state index >= 15 is 0 Å². The van der Waals surface area contributed by atoms with E-state index in [2.05, 4.69) is 5.32 Å². The Morgan fingerprint density at radius 3 is 2.71 bits per heavy atom. The first-order valence-corrected chi connectivity index (χ1v) is 4.44. The molecule has 0 saturated heterocycles. The van der Waals surface area contributed by atoms with Crippen molar-refractivity contribution in [3.05, 3.63) is 0 Å². The molecule has 0 fully saturated rings. The molecule has 0 rings (SSSR count). The highest BCUT2D eigenvalue weighted by atomic mass is 19.3. The molecule has 0 saturated carbocycles. The van der Waals surface area contributed by atoms with Crippen molar-refractivity contribution in [3.8, 4) is 0 Å². The molecule has 0 aromatic heterocycles. The number of nitrogens with one attached hydrogen (secondary N) is 1. The summed E-state index contributed by atoms with van der Waals surface area (Å²) >= 11 is 0. The van der Waals surface area contributed by atoms with Gasteiger partial charge in [0.1, 0.15) is 0 Å². The lowest BCUT2D eigenvalue weighted by atomic mass is 10.3. The van der Waals surface area contributed by atoms with Crippen molar-refractivity contribution in [3.63, 3.8) is 0 Å². The van der Waals surface area contributed by atoms with Gasteiger partial charge >= 0.3 is 0 Å². The number of alkyl halides is 2. The van der Waals surface area contributed by atoms with Crippen molar-refractivity contribution in [2.75, 3.05) is 26.3 Å². The van der Waals surface area contributed by atoms with Gasteiger partial charge in [-0.25, -0.2) is 8.78 Å². The molecule has 14 heavy (non-hydrogen) atoms. The van der Waals surface area contributed by atoms with E-state index in [0.29, 0.717) is 6.61 Å². The summed E-state index contributed by atoms with van der Waals surface area (Å²) in [7, 11) is 0. The van der Waals surface area contributed by atoms with Crippen LogP contribution in [-0.4, -0.2) is 38.1 Å². The average Bonchev–Trinajstić information content (AvgIpc) is 2.16. The molecule has 4 nitrogen and oxygen atoms in total. The Bertz CT molecular complexity index is 177. The van der Waals surface area contributed by atoms with Crippen LogP contribution in [0.4, 0.5) is 8.78 Å². The summed E-state index contributed by atoms with van der Waals surface area (Å²) in [5.41, 5.74) is 4.79. The van der Waals surface area contributed by atoms with Crippen molar-refractivity contribution >= 4 is 5.91 Å². The van der Waals surface area contributed by atoms with E-state index in [1.165, 1.54) is 0 Å². The maximum Gasteiger partial charge on any atom is 0.277 e. The van der Waals surface area contributed by atoms with Crippen LogP contribution in [0.1, 0.15) is 13.3 Å². The van der Waals surface area contributed by atoms with Crippen LogP contribution in [0.2, 0.25) is 0 Å². The molecule has 0 unspecified atom stereocenters. The second-order valence-electron chi connectivity index (χ2n) is 2.78. The normalized spacial score (nSPS) is 11.4. The number of ether oxygens (including phenoxy) is 1. The largest absolute Gasteiger partial charge is 0.381 e. The van der Waals surface area contributed by atoms with Crippen LogP contribution in [0, 0.1) is 0 Å². The van der Waals surface area contributed by atoms with Gasteiger partial charge in [0.15, 0.2) is 0 Å². The fourth-order valence-corrected chi connectivity index (χ4v) is 0.698. The highest BCUT2D eigenvalue weighted by Gasteiger charge is 2.26. The maximum atomic E-state index is 12.5. The smallest absolute Gasteiger partial charge is 0.277 e. The summed E-state index contributed by atoms with van der Waals surface area (Å²) in [6.07, 6.45) is 0.0918. The first kappa shape index (κ1) is 13.2. The standard InChI is InChI=1S/C8H16F2N2O2/c1-2-14-4-3-7(13)12-6-8(9,10)5-11/h2-6,11H2,1H3,(H,12,13). The molecule has 0 spiro atoms. The zero-order chi connectivity index (χ0) is 11.0. The number of hydrogen-bond donors (Lipinski definition) is 2. The third-order valence-electron chi connectivity index (χ3n) is 1.52. The lowest BCUT2D eigenvalue weighted by molar-refractivity contribution is -0.123. The van der Waals surface area contributed by atoms with Crippen LogP contribution in [0.15, 0.2) is 0 Å². The number of hydrogen-bond acceptors (Lipinski definition) is 3. The van der Waals surface area contributed by atoms with Gasteiger partial charge in [0.2, 0.25) is 5.91 Å². The van der Waals surface area contributed by atoms with E-state index in [4.69, 9.17) is 10.5 Å². The van der Waals surface area contributed by atoms with Gasteiger partial charge in [-0.2, -0.15) is 0 Å². The third kappa shape index (κ3) is 6.73. The molecule has 84 valence electrons. The monoisotopic (exact) mass is 210 g/mol. The molecule has 3 N–H and O–H groups in total. The van der Waals surface area contributed by atoms with Crippen LogP contribution >= 0.6 is 0 Å². The molecule has 0 aliphatic heterocycles. The Labute approximate surface area is 81.8 Å². The maximum absolute atomic E-state index is 12.5. The molecule has 0 aromatic carbocycles. The summed E-state index contributed by atoms with van der Waals surface area (Å²) in [6.45, 7) is 1.07. The van der Waals surface area contributed by atoms with Gasteiger partial charge in [-0.3, -0.25) is 4.79 Å². The number of halogens is 2. The van der Waals surface area contributed by atoms with E-state index in [-0.39, 0.29) is 13.0 Å². The van der Waals surface area contributed by atoms with Crippen LogP contribution in [0.5, 0.6) is 0 Å². The van der Waals surface area contributed by atoms with Crippen molar-refractivity contribution < 1.29 is 18.3 Å². The molecule has 0 aliphatic rings. The molecule has 0 bridgehead atoms. The second kappa shape index (κ2) is 6.67. The highest BCUT2D eigenvalue weighted by molar-refractivity contribution is 5.75. The van der Waals surface area contributed by atoms with Crippen LogP contribution in [-0.2, 0) is 9.53 Å².